The first-order chi connectivity index (χ1) is 12.4. The van der Waals surface area contributed by atoms with Crippen molar-refractivity contribution >= 4 is 52.1 Å². The van der Waals surface area contributed by atoms with Crippen LogP contribution in [0.4, 0.5) is 5.82 Å². The molecule has 0 aliphatic rings. The molecule has 2 heterocycles. The molecule has 134 valence electrons. The Balaban J connectivity index is 1.61. The fourth-order valence-corrected chi connectivity index (χ4v) is 2.67. The minimum atomic E-state index is -1.03. The van der Waals surface area contributed by atoms with Crippen LogP contribution < -0.4 is 5.32 Å². The second-order valence-electron chi connectivity index (χ2n) is 5.36. The molecule has 0 fully saturated rings. The van der Waals surface area contributed by atoms with E-state index in [1.54, 1.807) is 12.1 Å². The van der Waals surface area contributed by atoms with Gasteiger partial charge in [0.2, 0.25) is 0 Å². The molecule has 3 rings (SSSR count). The Hall–Kier alpha value is -2.71. The second kappa shape index (κ2) is 7.67. The Bertz CT molecular complexity index is 975. The number of amides is 1. The molecular formula is C16H13Cl2N5O3. The predicted molar refractivity (Wildman–Crippen MR) is 96.0 cm³/mol. The van der Waals surface area contributed by atoms with Gasteiger partial charge in [-0.1, -0.05) is 29.3 Å². The average molecular weight is 394 g/mol. The van der Waals surface area contributed by atoms with Crippen LogP contribution in [0.2, 0.25) is 10.0 Å². The largest absolute Gasteiger partial charge is 0.452 e. The zero-order valence-corrected chi connectivity index (χ0v) is 15.0. The molecule has 2 aromatic heterocycles. The van der Waals surface area contributed by atoms with Gasteiger partial charge in [-0.3, -0.25) is 9.59 Å². The molecule has 0 radical (unpaired) electrons. The van der Waals surface area contributed by atoms with Crippen molar-refractivity contribution in [2.45, 2.75) is 19.4 Å². The fourth-order valence-electron chi connectivity index (χ4n) is 2.19. The smallest absolute Gasteiger partial charge is 0.311 e. The van der Waals surface area contributed by atoms with E-state index in [9.17, 15) is 9.59 Å². The summed E-state index contributed by atoms with van der Waals surface area (Å²) in [5, 5.41) is 3.40. The average Bonchev–Trinajstić information content (AvgIpc) is 3.07. The maximum Gasteiger partial charge on any atom is 0.311 e. The lowest BCUT2D eigenvalue weighted by atomic mass is 10.1. The van der Waals surface area contributed by atoms with Crippen molar-refractivity contribution in [3.05, 3.63) is 46.5 Å². The molecule has 10 heteroatoms. The number of carbonyl (C=O) groups excluding carboxylic acids is 2. The van der Waals surface area contributed by atoms with Crippen molar-refractivity contribution in [3.63, 3.8) is 0 Å². The Morgan fingerprint density at radius 2 is 2.08 bits per heavy atom. The lowest BCUT2D eigenvalue weighted by molar-refractivity contribution is -0.152. The summed E-state index contributed by atoms with van der Waals surface area (Å²) in [4.78, 5) is 39.0. The van der Waals surface area contributed by atoms with Gasteiger partial charge in [0.15, 0.2) is 17.6 Å². The number of rotatable bonds is 5. The molecule has 0 spiro atoms. The van der Waals surface area contributed by atoms with E-state index in [0.717, 1.165) is 0 Å². The molecule has 0 aliphatic heterocycles. The monoisotopic (exact) mass is 393 g/mol. The molecule has 0 aliphatic carbocycles. The Kier molecular flexibility index (Phi) is 5.34. The number of hydrogen-bond donors (Lipinski definition) is 2. The molecular weight excluding hydrogens is 381 g/mol. The van der Waals surface area contributed by atoms with Crippen molar-refractivity contribution in [2.24, 2.45) is 0 Å². The topological polar surface area (TPSA) is 110 Å². The lowest BCUT2D eigenvalue weighted by Crippen LogP contribution is -2.31. The number of aromatic amines is 1. The Morgan fingerprint density at radius 3 is 2.85 bits per heavy atom. The highest BCUT2D eigenvalue weighted by Gasteiger charge is 2.20. The highest BCUT2D eigenvalue weighted by atomic mass is 35.5. The number of fused-ring (bicyclic) bond motifs is 1. The van der Waals surface area contributed by atoms with Crippen LogP contribution in [0.5, 0.6) is 0 Å². The molecule has 2 N–H and O–H groups in total. The van der Waals surface area contributed by atoms with E-state index in [1.165, 1.54) is 25.6 Å². The predicted octanol–water partition coefficient (Wildman–Crippen LogP) is 2.77. The van der Waals surface area contributed by atoms with Gasteiger partial charge in [0.05, 0.1) is 12.7 Å². The van der Waals surface area contributed by atoms with Crippen LogP contribution in [0.1, 0.15) is 12.5 Å². The van der Waals surface area contributed by atoms with Crippen LogP contribution in [0.15, 0.2) is 30.9 Å². The van der Waals surface area contributed by atoms with Crippen molar-refractivity contribution in [1.29, 1.82) is 0 Å². The number of ether oxygens (including phenoxy) is 1. The van der Waals surface area contributed by atoms with E-state index < -0.39 is 18.0 Å². The standard InChI is InChI=1S/C16H13Cl2N5O3/c1-8(26-12(24)4-9-2-3-10(17)5-11(9)18)16(25)23-15-13-14(20-6-19-13)21-7-22-15/h2-3,5-8H,4H2,1H3,(H2,19,20,21,22,23,25). The highest BCUT2D eigenvalue weighted by molar-refractivity contribution is 6.35. The summed E-state index contributed by atoms with van der Waals surface area (Å²) in [6.45, 7) is 1.46. The van der Waals surface area contributed by atoms with Gasteiger partial charge >= 0.3 is 5.97 Å². The van der Waals surface area contributed by atoms with Crippen LogP contribution in [0.3, 0.4) is 0 Å². The Morgan fingerprint density at radius 1 is 1.27 bits per heavy atom. The third-order valence-electron chi connectivity index (χ3n) is 3.49. The van der Waals surface area contributed by atoms with Crippen molar-refractivity contribution in [3.8, 4) is 0 Å². The van der Waals surface area contributed by atoms with Crippen LogP contribution in [-0.4, -0.2) is 37.9 Å². The number of anilines is 1. The maximum absolute atomic E-state index is 12.3. The summed E-state index contributed by atoms with van der Waals surface area (Å²) in [5.41, 5.74) is 1.45. The fraction of sp³-hybridized carbons (Fsp3) is 0.188. The normalized spacial score (nSPS) is 12.0. The highest BCUT2D eigenvalue weighted by Crippen LogP contribution is 2.22. The molecule has 1 atom stereocenters. The second-order valence-corrected chi connectivity index (χ2v) is 6.20. The number of benzene rings is 1. The number of aromatic nitrogens is 4. The summed E-state index contributed by atoms with van der Waals surface area (Å²) in [7, 11) is 0. The zero-order valence-electron chi connectivity index (χ0n) is 13.5. The SMILES string of the molecule is CC(OC(=O)Cc1ccc(Cl)cc1Cl)C(=O)Nc1ncnc2nc[nH]c12. The number of carbonyl (C=O) groups is 2. The summed E-state index contributed by atoms with van der Waals surface area (Å²) in [6, 6.07) is 4.79. The molecule has 3 aromatic rings. The number of nitrogens with one attached hydrogen (secondary N) is 2. The first-order valence-electron chi connectivity index (χ1n) is 7.52. The minimum Gasteiger partial charge on any atom is -0.452 e. The van der Waals surface area contributed by atoms with Gasteiger partial charge in [0.25, 0.3) is 5.91 Å². The number of H-pyrrole nitrogens is 1. The number of imidazole rings is 1. The van der Waals surface area contributed by atoms with Crippen molar-refractivity contribution in [1.82, 2.24) is 19.9 Å². The Labute approximate surface area is 157 Å². The van der Waals surface area contributed by atoms with Gasteiger partial charge in [-0.2, -0.15) is 0 Å². The van der Waals surface area contributed by atoms with Crippen LogP contribution in [0, 0.1) is 0 Å². The van der Waals surface area contributed by atoms with E-state index in [0.29, 0.717) is 26.8 Å². The quantitative estimate of drug-likeness (QED) is 0.644. The van der Waals surface area contributed by atoms with E-state index in [-0.39, 0.29) is 12.2 Å². The number of hydrogen-bond acceptors (Lipinski definition) is 6. The first-order valence-corrected chi connectivity index (χ1v) is 8.28. The molecule has 1 amide bonds. The third kappa shape index (κ3) is 4.09. The van der Waals surface area contributed by atoms with Crippen molar-refractivity contribution in [2.75, 3.05) is 5.32 Å². The van der Waals surface area contributed by atoms with Gasteiger partial charge in [-0.15, -0.1) is 0 Å². The molecule has 1 unspecified atom stereocenters. The molecule has 0 saturated carbocycles. The third-order valence-corrected chi connectivity index (χ3v) is 4.08. The molecule has 0 saturated heterocycles. The van der Waals surface area contributed by atoms with Gasteiger partial charge in [0.1, 0.15) is 11.8 Å². The molecule has 1 aromatic carbocycles. The summed E-state index contributed by atoms with van der Waals surface area (Å²) < 4.78 is 5.16. The number of nitrogens with zero attached hydrogens (tertiary/aromatic N) is 3. The summed E-state index contributed by atoms with van der Waals surface area (Å²) in [6.07, 6.45) is 1.61. The van der Waals surface area contributed by atoms with Crippen LogP contribution >= 0.6 is 23.2 Å². The molecule has 26 heavy (non-hydrogen) atoms. The first kappa shape index (κ1) is 18.1. The zero-order chi connectivity index (χ0) is 18.7. The van der Waals surface area contributed by atoms with Gasteiger partial charge in [-0.25, -0.2) is 15.0 Å². The maximum atomic E-state index is 12.3. The van der Waals surface area contributed by atoms with E-state index in [4.69, 9.17) is 27.9 Å². The minimum absolute atomic E-state index is 0.0775. The summed E-state index contributed by atoms with van der Waals surface area (Å²) >= 11 is 11.8. The van der Waals surface area contributed by atoms with E-state index in [2.05, 4.69) is 25.3 Å². The van der Waals surface area contributed by atoms with E-state index >= 15 is 0 Å². The van der Waals surface area contributed by atoms with Gasteiger partial charge in [-0.05, 0) is 24.6 Å². The number of halogens is 2. The van der Waals surface area contributed by atoms with Crippen LogP contribution in [-0.2, 0) is 20.7 Å². The lowest BCUT2D eigenvalue weighted by Gasteiger charge is -2.13. The summed E-state index contributed by atoms with van der Waals surface area (Å²) in [5.74, 6) is -0.873. The van der Waals surface area contributed by atoms with Crippen LogP contribution in [0.25, 0.3) is 11.2 Å². The number of esters is 1. The molecule has 8 nitrogen and oxygen atoms in total. The molecule has 0 bridgehead atoms. The van der Waals surface area contributed by atoms with E-state index in [1.807, 2.05) is 0 Å². The van der Waals surface area contributed by atoms with Crippen molar-refractivity contribution < 1.29 is 14.3 Å². The van der Waals surface area contributed by atoms with Gasteiger partial charge in [0, 0.05) is 10.0 Å². The van der Waals surface area contributed by atoms with Gasteiger partial charge < -0.3 is 15.0 Å².